The van der Waals surface area contributed by atoms with Gasteiger partial charge < -0.3 is 15.4 Å². The number of anilines is 1. The van der Waals surface area contributed by atoms with E-state index in [1.165, 1.54) is 13.0 Å². The van der Waals surface area contributed by atoms with Crippen LogP contribution in [0.3, 0.4) is 0 Å². The van der Waals surface area contributed by atoms with Gasteiger partial charge >= 0.3 is 0 Å². The molecule has 0 aliphatic rings. The smallest absolute Gasteiger partial charge is 0.244 e. The first-order valence-corrected chi connectivity index (χ1v) is 13.2. The second-order valence-electron chi connectivity index (χ2n) is 9.73. The molecule has 4 rings (SSSR count). The summed E-state index contributed by atoms with van der Waals surface area (Å²) in [5, 5.41) is 6.56. The number of fused-ring (bicyclic) bond motifs is 1. The van der Waals surface area contributed by atoms with Gasteiger partial charge in [-0.15, -0.1) is 0 Å². The Morgan fingerprint density at radius 2 is 1.80 bits per heavy atom. The van der Waals surface area contributed by atoms with Crippen molar-refractivity contribution in [3.05, 3.63) is 106 Å². The average molecular weight is 535 g/mol. The largest absolute Gasteiger partial charge is 0.487 e. The highest BCUT2D eigenvalue weighted by Crippen LogP contribution is 2.28. The lowest BCUT2D eigenvalue weighted by atomic mass is 9.94. The molecule has 0 fully saturated rings. The van der Waals surface area contributed by atoms with Crippen molar-refractivity contribution in [1.29, 1.82) is 0 Å². The molecule has 2 heterocycles. The predicted octanol–water partition coefficient (Wildman–Crippen LogP) is 6.33. The zero-order valence-corrected chi connectivity index (χ0v) is 23.5. The molecule has 7 heteroatoms. The Balaban J connectivity index is 1.39. The van der Waals surface area contributed by atoms with Gasteiger partial charge in [0.2, 0.25) is 11.8 Å². The van der Waals surface area contributed by atoms with E-state index >= 15 is 0 Å². The predicted molar refractivity (Wildman–Crippen MR) is 161 cm³/mol. The maximum Gasteiger partial charge on any atom is 0.244 e. The van der Waals surface area contributed by atoms with Crippen molar-refractivity contribution in [2.45, 2.75) is 41.2 Å². The monoisotopic (exact) mass is 534 g/mol. The number of para-hydroxylation sites is 1. The molecule has 0 saturated carbocycles. The first-order valence-electron chi connectivity index (χ1n) is 13.2. The summed E-state index contributed by atoms with van der Waals surface area (Å²) < 4.78 is 6.29. The van der Waals surface area contributed by atoms with Crippen LogP contribution < -0.4 is 15.4 Å². The van der Waals surface area contributed by atoms with Gasteiger partial charge in [-0.3, -0.25) is 9.59 Å². The molecule has 2 amide bonds. The summed E-state index contributed by atoms with van der Waals surface area (Å²) in [5.74, 6) is 0.852. The molecule has 0 aliphatic carbocycles. The van der Waals surface area contributed by atoms with E-state index in [2.05, 4.69) is 52.6 Å². The maximum absolute atomic E-state index is 12.3. The number of aromatic nitrogens is 2. The molecule has 2 N–H and O–H groups in total. The van der Waals surface area contributed by atoms with Gasteiger partial charge in [0.25, 0.3) is 0 Å². The zero-order chi connectivity index (χ0) is 28.6. The van der Waals surface area contributed by atoms with Crippen molar-refractivity contribution in [1.82, 2.24) is 15.3 Å². The quantitative estimate of drug-likeness (QED) is 0.245. The fourth-order valence-electron chi connectivity index (χ4n) is 4.43. The van der Waals surface area contributed by atoms with Crippen LogP contribution in [-0.2, 0) is 16.2 Å². The van der Waals surface area contributed by atoms with Crippen LogP contribution in [0.1, 0.15) is 47.4 Å². The summed E-state index contributed by atoms with van der Waals surface area (Å²) in [7, 11) is 0. The summed E-state index contributed by atoms with van der Waals surface area (Å²) in [6.45, 7) is 10.5. The van der Waals surface area contributed by atoms with Crippen molar-refractivity contribution >= 4 is 40.2 Å². The fraction of sp³-hybridized carbons (Fsp3) is 0.212. The number of aryl methyl sites for hydroxylation is 2. The third kappa shape index (κ3) is 7.20. The number of amides is 2. The number of carbonyl (C=O) groups excluding carboxylic acids is 2. The third-order valence-corrected chi connectivity index (χ3v) is 6.65. The first-order chi connectivity index (χ1) is 19.2. The van der Waals surface area contributed by atoms with Crippen molar-refractivity contribution in [3.8, 4) is 5.75 Å². The third-order valence-electron chi connectivity index (χ3n) is 6.65. The number of nitrogens with zero attached hydrogens (tertiary/aromatic N) is 2. The van der Waals surface area contributed by atoms with E-state index in [-0.39, 0.29) is 11.8 Å². The first kappa shape index (κ1) is 28.2. The van der Waals surface area contributed by atoms with Gasteiger partial charge in [0.15, 0.2) is 0 Å². The van der Waals surface area contributed by atoms with Gasteiger partial charge in [0, 0.05) is 36.8 Å². The van der Waals surface area contributed by atoms with Gasteiger partial charge in [0.05, 0.1) is 0 Å². The Kier molecular flexibility index (Phi) is 9.07. The molecule has 0 spiro atoms. The Labute approximate surface area is 235 Å². The summed E-state index contributed by atoms with van der Waals surface area (Å²) in [6, 6.07) is 17.7. The highest BCUT2D eigenvalue weighted by Gasteiger charge is 2.11. The van der Waals surface area contributed by atoms with Crippen LogP contribution >= 0.6 is 0 Å². The standard InChI is InChI=1S/C33H34N4O3/c1-21-9-14-28(24(4)29(21)20-40-30-8-6-7-27-13-10-23(3)36-33(27)30)22(2)17-18-34-32(39)16-12-26-11-15-31(35-19-26)37-25(5)38/h6-17,19H,18,20H2,1-5H3,(H,34,39)(H,35,37,38)/b16-12+,22-17-. The van der Waals surface area contributed by atoms with Gasteiger partial charge in [0.1, 0.15) is 23.7 Å². The number of ether oxygens (including phenoxy) is 1. The van der Waals surface area contributed by atoms with Crippen molar-refractivity contribution < 1.29 is 14.3 Å². The summed E-state index contributed by atoms with van der Waals surface area (Å²) >= 11 is 0. The lowest BCUT2D eigenvalue weighted by Gasteiger charge is -2.16. The molecule has 204 valence electrons. The van der Waals surface area contributed by atoms with E-state index in [1.54, 1.807) is 24.4 Å². The molecular weight excluding hydrogens is 500 g/mol. The normalized spacial score (nSPS) is 11.6. The Morgan fingerprint density at radius 1 is 0.975 bits per heavy atom. The van der Waals surface area contributed by atoms with Crippen LogP contribution in [0, 0.1) is 20.8 Å². The van der Waals surface area contributed by atoms with Crippen LogP contribution in [0.15, 0.2) is 72.9 Å². The van der Waals surface area contributed by atoms with Crippen LogP contribution in [0.25, 0.3) is 22.6 Å². The van der Waals surface area contributed by atoms with E-state index in [0.29, 0.717) is 19.0 Å². The van der Waals surface area contributed by atoms with E-state index in [4.69, 9.17) is 4.74 Å². The Bertz CT molecular complexity index is 1600. The molecule has 2 aromatic carbocycles. The van der Waals surface area contributed by atoms with E-state index in [9.17, 15) is 9.59 Å². The van der Waals surface area contributed by atoms with Crippen molar-refractivity contribution in [3.63, 3.8) is 0 Å². The molecule has 40 heavy (non-hydrogen) atoms. The molecule has 0 atom stereocenters. The zero-order valence-electron chi connectivity index (χ0n) is 23.5. The minimum absolute atomic E-state index is 0.183. The lowest BCUT2D eigenvalue weighted by Crippen LogP contribution is -2.20. The van der Waals surface area contributed by atoms with Crippen LogP contribution in [-0.4, -0.2) is 28.3 Å². The van der Waals surface area contributed by atoms with Crippen molar-refractivity contribution in [2.75, 3.05) is 11.9 Å². The van der Waals surface area contributed by atoms with E-state index in [1.807, 2.05) is 44.2 Å². The number of rotatable bonds is 9. The molecular formula is C33H34N4O3. The number of nitrogens with one attached hydrogen (secondary N) is 2. The number of hydrogen-bond acceptors (Lipinski definition) is 5. The summed E-state index contributed by atoms with van der Waals surface area (Å²) in [5.41, 5.74) is 8.23. The maximum atomic E-state index is 12.3. The molecule has 4 aromatic rings. The fourth-order valence-corrected chi connectivity index (χ4v) is 4.43. The SMILES string of the molecule is CC(=O)Nc1ccc(/C=C/C(=O)NC/C=C(/C)c2ccc(C)c(COc3cccc4ccc(C)nc34)c2C)cn1. The molecule has 0 unspecified atom stereocenters. The van der Waals surface area contributed by atoms with E-state index < -0.39 is 0 Å². The van der Waals surface area contributed by atoms with Crippen LogP contribution in [0.4, 0.5) is 5.82 Å². The second-order valence-corrected chi connectivity index (χ2v) is 9.73. The molecule has 0 radical (unpaired) electrons. The number of pyridine rings is 2. The molecule has 0 aliphatic heterocycles. The summed E-state index contributed by atoms with van der Waals surface area (Å²) in [4.78, 5) is 32.3. The topological polar surface area (TPSA) is 93.2 Å². The second kappa shape index (κ2) is 12.8. The average Bonchev–Trinajstić information content (AvgIpc) is 2.92. The molecule has 0 saturated heterocycles. The van der Waals surface area contributed by atoms with Crippen LogP contribution in [0.5, 0.6) is 5.75 Å². The highest BCUT2D eigenvalue weighted by atomic mass is 16.5. The number of allylic oxidation sites excluding steroid dienone is 1. The lowest BCUT2D eigenvalue weighted by molar-refractivity contribution is -0.116. The van der Waals surface area contributed by atoms with E-state index in [0.717, 1.165) is 55.7 Å². The number of benzene rings is 2. The number of hydrogen-bond donors (Lipinski definition) is 2. The van der Waals surface area contributed by atoms with Crippen LogP contribution in [0.2, 0.25) is 0 Å². The summed E-state index contributed by atoms with van der Waals surface area (Å²) in [6.07, 6.45) is 6.75. The van der Waals surface area contributed by atoms with Crippen molar-refractivity contribution in [2.24, 2.45) is 0 Å². The highest BCUT2D eigenvalue weighted by molar-refractivity contribution is 5.92. The van der Waals surface area contributed by atoms with Gasteiger partial charge in [-0.2, -0.15) is 0 Å². The number of carbonyl (C=O) groups is 2. The van der Waals surface area contributed by atoms with Gasteiger partial charge in [-0.25, -0.2) is 9.97 Å². The Morgan fingerprint density at radius 3 is 2.55 bits per heavy atom. The van der Waals surface area contributed by atoms with Gasteiger partial charge in [-0.1, -0.05) is 36.4 Å². The molecule has 0 bridgehead atoms. The molecule has 2 aromatic heterocycles. The Hall–Kier alpha value is -4.78. The molecule has 7 nitrogen and oxygen atoms in total. The minimum atomic E-state index is -0.205. The minimum Gasteiger partial charge on any atom is -0.487 e. The van der Waals surface area contributed by atoms with Gasteiger partial charge in [-0.05, 0) is 91.4 Å².